The van der Waals surface area contributed by atoms with E-state index in [9.17, 15) is 13.2 Å². The van der Waals surface area contributed by atoms with Crippen molar-refractivity contribution in [3.63, 3.8) is 0 Å². The van der Waals surface area contributed by atoms with Crippen molar-refractivity contribution in [3.8, 4) is 0 Å². The van der Waals surface area contributed by atoms with E-state index in [1.165, 1.54) is 12.1 Å². The largest absolute Gasteiger partial charge is 0.416 e. The number of aryl methyl sites for hydroxylation is 1. The van der Waals surface area contributed by atoms with E-state index in [4.69, 9.17) is 0 Å². The van der Waals surface area contributed by atoms with Crippen molar-refractivity contribution < 1.29 is 13.2 Å². The number of alkyl halides is 4. The number of hydrogen-bond acceptors (Lipinski definition) is 0. The first-order valence-electron chi connectivity index (χ1n) is 5.91. The Balaban J connectivity index is 2.69. The number of halogens is 4. The molecule has 102 valence electrons. The molecule has 18 heavy (non-hydrogen) atoms. The molecule has 0 aliphatic carbocycles. The molecule has 1 aromatic rings. The molecule has 0 saturated carbocycles. The van der Waals surface area contributed by atoms with Crippen LogP contribution in [-0.4, -0.2) is 4.83 Å². The highest BCUT2D eigenvalue weighted by Gasteiger charge is 2.30. The van der Waals surface area contributed by atoms with Crippen LogP contribution in [0.15, 0.2) is 24.3 Å². The fraction of sp³-hybridized carbons (Fsp3) is 0.571. The molecule has 4 heteroatoms. The van der Waals surface area contributed by atoms with Crippen LogP contribution < -0.4 is 0 Å². The van der Waals surface area contributed by atoms with Crippen molar-refractivity contribution in [2.24, 2.45) is 5.41 Å². The van der Waals surface area contributed by atoms with Crippen LogP contribution in [0.4, 0.5) is 13.2 Å². The van der Waals surface area contributed by atoms with Gasteiger partial charge in [0.1, 0.15) is 0 Å². The molecule has 0 aliphatic heterocycles. The molecule has 0 saturated heterocycles. The summed E-state index contributed by atoms with van der Waals surface area (Å²) in [5, 5.41) is 0. The van der Waals surface area contributed by atoms with Gasteiger partial charge in [0.25, 0.3) is 0 Å². The quantitative estimate of drug-likeness (QED) is 0.649. The molecule has 0 aliphatic rings. The SMILES string of the molecule is CC(C)(C)C(Br)CCc1cccc(C(F)(F)F)c1. The first-order valence-corrected chi connectivity index (χ1v) is 6.82. The molecule has 0 bridgehead atoms. The lowest BCUT2D eigenvalue weighted by Crippen LogP contribution is -2.20. The zero-order valence-electron chi connectivity index (χ0n) is 10.8. The number of hydrogen-bond donors (Lipinski definition) is 0. The van der Waals surface area contributed by atoms with Crippen LogP contribution >= 0.6 is 15.9 Å². The highest BCUT2D eigenvalue weighted by Crippen LogP contribution is 2.32. The van der Waals surface area contributed by atoms with Crippen LogP contribution in [0.2, 0.25) is 0 Å². The second kappa shape index (κ2) is 5.64. The Morgan fingerprint density at radius 1 is 1.17 bits per heavy atom. The van der Waals surface area contributed by atoms with E-state index in [1.807, 2.05) is 0 Å². The number of rotatable bonds is 3. The summed E-state index contributed by atoms with van der Waals surface area (Å²) in [6.45, 7) is 6.33. The summed E-state index contributed by atoms with van der Waals surface area (Å²) in [7, 11) is 0. The van der Waals surface area contributed by atoms with Gasteiger partial charge in [-0.05, 0) is 29.9 Å². The monoisotopic (exact) mass is 322 g/mol. The average Bonchev–Trinajstić information content (AvgIpc) is 2.23. The van der Waals surface area contributed by atoms with Gasteiger partial charge in [0.05, 0.1) is 5.56 Å². The molecular weight excluding hydrogens is 305 g/mol. The molecular formula is C14H18BrF3. The van der Waals surface area contributed by atoms with E-state index in [-0.39, 0.29) is 5.41 Å². The Kier molecular flexibility index (Phi) is 4.87. The zero-order chi connectivity index (χ0) is 14.0. The van der Waals surface area contributed by atoms with Gasteiger partial charge < -0.3 is 0 Å². The summed E-state index contributed by atoms with van der Waals surface area (Å²) < 4.78 is 37.6. The van der Waals surface area contributed by atoms with Gasteiger partial charge in [0.15, 0.2) is 0 Å². The Morgan fingerprint density at radius 2 is 1.78 bits per heavy atom. The summed E-state index contributed by atoms with van der Waals surface area (Å²) in [6.07, 6.45) is -2.78. The molecule has 1 aromatic carbocycles. The first kappa shape index (κ1) is 15.5. The normalized spacial score (nSPS) is 14.6. The van der Waals surface area contributed by atoms with Crippen LogP contribution in [-0.2, 0) is 12.6 Å². The predicted octanol–water partition coefficient (Wildman–Crippen LogP) is 5.45. The molecule has 0 fully saturated rings. The van der Waals surface area contributed by atoms with E-state index in [0.717, 1.165) is 18.1 Å². The Hall–Kier alpha value is -0.510. The van der Waals surface area contributed by atoms with Crippen molar-refractivity contribution in [2.45, 2.75) is 44.6 Å². The van der Waals surface area contributed by atoms with Crippen molar-refractivity contribution in [1.82, 2.24) is 0 Å². The fourth-order valence-electron chi connectivity index (χ4n) is 1.63. The standard InChI is InChI=1S/C14H18BrF3/c1-13(2,3)12(15)8-7-10-5-4-6-11(9-10)14(16,17)18/h4-6,9,12H,7-8H2,1-3H3. The zero-order valence-corrected chi connectivity index (χ0v) is 12.4. The summed E-state index contributed by atoms with van der Waals surface area (Å²) in [5.74, 6) is 0. The molecule has 0 spiro atoms. The van der Waals surface area contributed by atoms with E-state index < -0.39 is 11.7 Å². The van der Waals surface area contributed by atoms with Crippen LogP contribution in [0, 0.1) is 5.41 Å². The van der Waals surface area contributed by atoms with Crippen LogP contribution in [0.3, 0.4) is 0 Å². The maximum Gasteiger partial charge on any atom is 0.416 e. The van der Waals surface area contributed by atoms with Crippen molar-refractivity contribution in [1.29, 1.82) is 0 Å². The lowest BCUT2D eigenvalue weighted by Gasteiger charge is -2.25. The van der Waals surface area contributed by atoms with E-state index in [1.54, 1.807) is 6.07 Å². The third-order valence-electron chi connectivity index (χ3n) is 2.88. The third-order valence-corrected chi connectivity index (χ3v) is 4.71. The highest BCUT2D eigenvalue weighted by molar-refractivity contribution is 9.09. The van der Waals surface area contributed by atoms with Gasteiger partial charge in [-0.15, -0.1) is 0 Å². The third kappa shape index (κ3) is 4.63. The molecule has 0 radical (unpaired) electrons. The Morgan fingerprint density at radius 3 is 2.28 bits per heavy atom. The molecule has 1 unspecified atom stereocenters. The summed E-state index contributed by atoms with van der Waals surface area (Å²) in [4.78, 5) is 0.291. The minimum atomic E-state index is -4.26. The maximum absolute atomic E-state index is 12.5. The topological polar surface area (TPSA) is 0 Å². The van der Waals surface area contributed by atoms with E-state index in [0.29, 0.717) is 11.2 Å². The van der Waals surface area contributed by atoms with Gasteiger partial charge in [-0.1, -0.05) is 54.9 Å². The van der Waals surface area contributed by atoms with Gasteiger partial charge in [0, 0.05) is 4.83 Å². The van der Waals surface area contributed by atoms with Crippen molar-refractivity contribution in [2.75, 3.05) is 0 Å². The second-order valence-electron chi connectivity index (χ2n) is 5.57. The van der Waals surface area contributed by atoms with Crippen LogP contribution in [0.25, 0.3) is 0 Å². The molecule has 0 heterocycles. The molecule has 1 rings (SSSR count). The van der Waals surface area contributed by atoms with E-state index >= 15 is 0 Å². The van der Waals surface area contributed by atoms with Gasteiger partial charge in [-0.25, -0.2) is 0 Å². The van der Waals surface area contributed by atoms with Gasteiger partial charge in [-0.2, -0.15) is 13.2 Å². The fourth-order valence-corrected chi connectivity index (χ4v) is 1.86. The summed E-state index contributed by atoms with van der Waals surface area (Å²) >= 11 is 3.59. The summed E-state index contributed by atoms with van der Waals surface area (Å²) in [6, 6.07) is 5.57. The molecule has 0 N–H and O–H groups in total. The molecule has 0 amide bonds. The lowest BCUT2D eigenvalue weighted by atomic mass is 9.88. The van der Waals surface area contributed by atoms with Crippen molar-refractivity contribution in [3.05, 3.63) is 35.4 Å². The summed E-state index contributed by atoms with van der Waals surface area (Å²) in [5.41, 5.74) is 0.280. The number of benzene rings is 1. The molecule has 1 atom stereocenters. The first-order chi connectivity index (χ1) is 8.10. The van der Waals surface area contributed by atoms with Crippen LogP contribution in [0.5, 0.6) is 0 Å². The molecule has 0 nitrogen and oxygen atoms in total. The van der Waals surface area contributed by atoms with Crippen LogP contribution in [0.1, 0.15) is 38.3 Å². The van der Waals surface area contributed by atoms with Gasteiger partial charge in [0.2, 0.25) is 0 Å². The Bertz CT molecular complexity index is 391. The second-order valence-corrected chi connectivity index (χ2v) is 6.68. The lowest BCUT2D eigenvalue weighted by molar-refractivity contribution is -0.137. The van der Waals surface area contributed by atoms with Gasteiger partial charge >= 0.3 is 6.18 Å². The smallest absolute Gasteiger partial charge is 0.166 e. The van der Waals surface area contributed by atoms with Gasteiger partial charge in [-0.3, -0.25) is 0 Å². The minimum absolute atomic E-state index is 0.113. The van der Waals surface area contributed by atoms with Crippen molar-refractivity contribution >= 4 is 15.9 Å². The highest BCUT2D eigenvalue weighted by atomic mass is 79.9. The van der Waals surface area contributed by atoms with E-state index in [2.05, 4.69) is 36.7 Å². The Labute approximate surface area is 115 Å². The molecule has 0 aromatic heterocycles. The maximum atomic E-state index is 12.5. The average molecular weight is 323 g/mol. The minimum Gasteiger partial charge on any atom is -0.166 e. The predicted molar refractivity (Wildman–Crippen MR) is 71.9 cm³/mol.